The number of ether oxygens (including phenoxy) is 1. The highest BCUT2D eigenvalue weighted by Gasteiger charge is 2.09. The molecule has 0 radical (unpaired) electrons. The van der Waals surface area contributed by atoms with E-state index in [9.17, 15) is 9.59 Å². The number of fused-ring (bicyclic) bond motifs is 1. The number of hydrogen-bond acceptors (Lipinski definition) is 4. The molecule has 0 aliphatic carbocycles. The highest BCUT2D eigenvalue weighted by Crippen LogP contribution is 2.20. The average molecular weight is 408 g/mol. The Labute approximate surface area is 180 Å². The first-order chi connectivity index (χ1) is 15.2. The third-order valence-corrected chi connectivity index (χ3v) is 4.74. The van der Waals surface area contributed by atoms with E-state index in [2.05, 4.69) is 10.5 Å². The molecule has 0 fully saturated rings. The van der Waals surface area contributed by atoms with Gasteiger partial charge >= 0.3 is 5.97 Å². The monoisotopic (exact) mass is 408 g/mol. The lowest BCUT2D eigenvalue weighted by atomic mass is 10.0. The highest BCUT2D eigenvalue weighted by molar-refractivity contribution is 5.94. The second-order valence-corrected chi connectivity index (χ2v) is 6.92. The Morgan fingerprint density at radius 3 is 2.32 bits per heavy atom. The van der Waals surface area contributed by atoms with Crippen LogP contribution in [0.1, 0.15) is 21.5 Å². The first-order valence-corrected chi connectivity index (χ1v) is 9.85. The number of hydrogen-bond donors (Lipinski definition) is 1. The van der Waals surface area contributed by atoms with E-state index in [0.717, 1.165) is 21.9 Å². The Hall–Kier alpha value is -4.25. The van der Waals surface area contributed by atoms with Gasteiger partial charge in [-0.05, 0) is 58.3 Å². The Balaban J connectivity index is 1.34. The SMILES string of the molecule is O=C(Cc1cccc2ccccc12)Oc1ccc(/C=N/NC(=O)c2ccccc2)cc1. The van der Waals surface area contributed by atoms with Crippen LogP contribution in [0.2, 0.25) is 0 Å². The summed E-state index contributed by atoms with van der Waals surface area (Å²) < 4.78 is 5.47. The van der Waals surface area contributed by atoms with Gasteiger partial charge in [0, 0.05) is 5.56 Å². The fraction of sp³-hybridized carbons (Fsp3) is 0.0385. The minimum atomic E-state index is -0.326. The van der Waals surface area contributed by atoms with Crippen molar-refractivity contribution in [3.8, 4) is 5.75 Å². The Morgan fingerprint density at radius 2 is 1.52 bits per heavy atom. The zero-order chi connectivity index (χ0) is 21.5. The first-order valence-electron chi connectivity index (χ1n) is 9.85. The summed E-state index contributed by atoms with van der Waals surface area (Å²) in [5.41, 5.74) is 4.71. The number of benzene rings is 4. The van der Waals surface area contributed by atoms with Gasteiger partial charge in [-0.1, -0.05) is 60.7 Å². The zero-order valence-electron chi connectivity index (χ0n) is 16.7. The van der Waals surface area contributed by atoms with Gasteiger partial charge in [-0.15, -0.1) is 0 Å². The molecule has 0 aliphatic heterocycles. The second kappa shape index (κ2) is 9.50. The normalized spacial score (nSPS) is 10.8. The first kappa shape index (κ1) is 20.0. The fourth-order valence-electron chi connectivity index (χ4n) is 3.21. The molecule has 0 unspecified atom stereocenters. The van der Waals surface area contributed by atoms with Crippen molar-refractivity contribution < 1.29 is 14.3 Å². The van der Waals surface area contributed by atoms with Crippen molar-refractivity contribution in [1.82, 2.24) is 5.43 Å². The molecule has 0 saturated carbocycles. The fourth-order valence-corrected chi connectivity index (χ4v) is 3.21. The maximum absolute atomic E-state index is 12.4. The van der Waals surface area contributed by atoms with E-state index >= 15 is 0 Å². The maximum atomic E-state index is 12.4. The molecule has 1 N–H and O–H groups in total. The van der Waals surface area contributed by atoms with Crippen molar-refractivity contribution >= 4 is 28.9 Å². The standard InChI is InChI=1S/C26H20N2O3/c29-25(17-22-11-6-10-20-7-4-5-12-24(20)22)31-23-15-13-19(14-16-23)18-27-28-26(30)21-8-2-1-3-9-21/h1-16,18H,17H2,(H,28,30)/b27-18+. The van der Waals surface area contributed by atoms with Gasteiger partial charge in [-0.25, -0.2) is 5.43 Å². The van der Waals surface area contributed by atoms with Crippen molar-refractivity contribution in [3.63, 3.8) is 0 Å². The summed E-state index contributed by atoms with van der Waals surface area (Å²) in [6.45, 7) is 0. The quantitative estimate of drug-likeness (QED) is 0.217. The number of rotatable bonds is 6. The van der Waals surface area contributed by atoms with Crippen LogP contribution in [0.5, 0.6) is 5.75 Å². The molecule has 31 heavy (non-hydrogen) atoms. The lowest BCUT2D eigenvalue weighted by molar-refractivity contribution is -0.133. The van der Waals surface area contributed by atoms with Crippen molar-refractivity contribution in [3.05, 3.63) is 114 Å². The van der Waals surface area contributed by atoms with Gasteiger partial charge in [0.05, 0.1) is 12.6 Å². The van der Waals surface area contributed by atoms with Gasteiger partial charge in [0.25, 0.3) is 5.91 Å². The minimum absolute atomic E-state index is 0.191. The van der Waals surface area contributed by atoms with Crippen molar-refractivity contribution in [2.45, 2.75) is 6.42 Å². The summed E-state index contributed by atoms with van der Waals surface area (Å²) in [6.07, 6.45) is 1.72. The lowest BCUT2D eigenvalue weighted by Crippen LogP contribution is -2.17. The van der Waals surface area contributed by atoms with E-state index in [-0.39, 0.29) is 18.3 Å². The summed E-state index contributed by atoms with van der Waals surface area (Å²) in [4.78, 5) is 24.4. The molecule has 0 aromatic heterocycles. The predicted octanol–water partition coefficient (Wildman–Crippen LogP) is 4.75. The summed E-state index contributed by atoms with van der Waals surface area (Å²) in [5.74, 6) is -0.153. The molecule has 1 amide bonds. The molecule has 4 aromatic rings. The summed E-state index contributed by atoms with van der Waals surface area (Å²) in [7, 11) is 0. The van der Waals surface area contributed by atoms with Crippen LogP contribution >= 0.6 is 0 Å². The number of nitrogens with zero attached hydrogens (tertiary/aromatic N) is 1. The van der Waals surface area contributed by atoms with Gasteiger partial charge in [-0.2, -0.15) is 5.10 Å². The van der Waals surface area contributed by atoms with Crippen LogP contribution in [0.4, 0.5) is 0 Å². The van der Waals surface area contributed by atoms with E-state index in [0.29, 0.717) is 11.3 Å². The molecule has 5 heteroatoms. The highest BCUT2D eigenvalue weighted by atomic mass is 16.5. The van der Waals surface area contributed by atoms with Crippen molar-refractivity contribution in [2.24, 2.45) is 5.10 Å². The summed E-state index contributed by atoms with van der Waals surface area (Å²) >= 11 is 0. The van der Waals surface area contributed by atoms with Gasteiger partial charge in [-0.3, -0.25) is 9.59 Å². The molecule has 0 bridgehead atoms. The van der Waals surface area contributed by atoms with E-state index in [1.807, 2.05) is 48.5 Å². The van der Waals surface area contributed by atoms with E-state index < -0.39 is 0 Å². The summed E-state index contributed by atoms with van der Waals surface area (Å²) in [6, 6.07) is 29.6. The maximum Gasteiger partial charge on any atom is 0.315 e. The van der Waals surface area contributed by atoms with Crippen LogP contribution < -0.4 is 10.2 Å². The van der Waals surface area contributed by atoms with Crippen LogP contribution in [-0.4, -0.2) is 18.1 Å². The molecule has 152 valence electrons. The lowest BCUT2D eigenvalue weighted by Gasteiger charge is -2.07. The number of carbonyl (C=O) groups is 2. The molecular weight excluding hydrogens is 388 g/mol. The van der Waals surface area contributed by atoms with Gasteiger partial charge < -0.3 is 4.74 Å². The van der Waals surface area contributed by atoms with Crippen LogP contribution in [0.15, 0.2) is 102 Å². The zero-order valence-corrected chi connectivity index (χ0v) is 16.7. The molecule has 0 atom stereocenters. The Bertz CT molecular complexity index is 1230. The number of carbonyl (C=O) groups excluding carboxylic acids is 2. The number of esters is 1. The second-order valence-electron chi connectivity index (χ2n) is 6.92. The van der Waals surface area contributed by atoms with Crippen molar-refractivity contribution in [2.75, 3.05) is 0 Å². The van der Waals surface area contributed by atoms with Crippen molar-refractivity contribution in [1.29, 1.82) is 0 Å². The molecule has 0 heterocycles. The van der Waals surface area contributed by atoms with Crippen LogP contribution in [-0.2, 0) is 11.2 Å². The number of nitrogens with one attached hydrogen (secondary N) is 1. The van der Waals surface area contributed by atoms with Crippen LogP contribution in [0.25, 0.3) is 10.8 Å². The molecule has 0 aliphatic rings. The van der Waals surface area contributed by atoms with Crippen LogP contribution in [0.3, 0.4) is 0 Å². The molecular formula is C26H20N2O3. The molecule has 5 nitrogen and oxygen atoms in total. The molecule has 0 saturated heterocycles. The van der Waals surface area contributed by atoms with E-state index in [1.165, 1.54) is 6.21 Å². The summed E-state index contributed by atoms with van der Waals surface area (Å²) in [5, 5.41) is 6.10. The van der Waals surface area contributed by atoms with Gasteiger partial charge in [0.15, 0.2) is 0 Å². The smallest absolute Gasteiger partial charge is 0.315 e. The molecule has 4 rings (SSSR count). The van der Waals surface area contributed by atoms with E-state index in [1.54, 1.807) is 48.5 Å². The molecule has 4 aromatic carbocycles. The molecule has 0 spiro atoms. The minimum Gasteiger partial charge on any atom is -0.426 e. The van der Waals surface area contributed by atoms with Crippen LogP contribution in [0, 0.1) is 0 Å². The Kier molecular flexibility index (Phi) is 6.14. The number of amides is 1. The van der Waals surface area contributed by atoms with Gasteiger partial charge in [0.1, 0.15) is 5.75 Å². The third-order valence-electron chi connectivity index (χ3n) is 4.74. The van der Waals surface area contributed by atoms with Gasteiger partial charge in [0.2, 0.25) is 0 Å². The number of hydrazone groups is 1. The topological polar surface area (TPSA) is 67.8 Å². The Morgan fingerprint density at radius 1 is 0.806 bits per heavy atom. The predicted molar refractivity (Wildman–Crippen MR) is 121 cm³/mol. The third kappa shape index (κ3) is 5.22. The van der Waals surface area contributed by atoms with E-state index in [4.69, 9.17) is 4.74 Å². The average Bonchev–Trinajstić information content (AvgIpc) is 2.81. The largest absolute Gasteiger partial charge is 0.426 e.